The van der Waals surface area contributed by atoms with Gasteiger partial charge in [-0.25, -0.2) is 0 Å². The molecule has 0 radical (unpaired) electrons. The Labute approximate surface area is 110 Å². The molecule has 2 amide bonds. The summed E-state index contributed by atoms with van der Waals surface area (Å²) >= 11 is 0. The Hall–Kier alpha value is -1.31. The third-order valence-corrected chi connectivity index (χ3v) is 2.30. The number of alkyl halides is 3. The summed E-state index contributed by atoms with van der Waals surface area (Å²) in [5.41, 5.74) is 0. The Bertz CT molecular complexity index is 295. The molecule has 0 fully saturated rings. The van der Waals surface area contributed by atoms with Crippen LogP contribution >= 0.6 is 0 Å². The fourth-order valence-electron chi connectivity index (χ4n) is 1.14. The first kappa shape index (κ1) is 17.7. The maximum absolute atomic E-state index is 11.8. The van der Waals surface area contributed by atoms with E-state index in [0.717, 1.165) is 6.42 Å². The third kappa shape index (κ3) is 11.5. The van der Waals surface area contributed by atoms with Gasteiger partial charge in [0.1, 0.15) is 0 Å². The molecule has 0 heterocycles. The molecule has 0 aliphatic rings. The molecule has 1 atom stereocenters. The van der Waals surface area contributed by atoms with Gasteiger partial charge in [0.05, 0.1) is 13.1 Å². The summed E-state index contributed by atoms with van der Waals surface area (Å²) in [6.07, 6.45) is -3.43. The van der Waals surface area contributed by atoms with E-state index in [2.05, 4.69) is 10.6 Å². The molecule has 5 nitrogen and oxygen atoms in total. The molecular weight excluding hydrogens is 263 g/mol. The molecule has 0 spiro atoms. The molecule has 0 bridgehead atoms. The minimum absolute atomic E-state index is 0.0663. The van der Waals surface area contributed by atoms with Crippen molar-refractivity contribution in [3.05, 3.63) is 0 Å². The van der Waals surface area contributed by atoms with Gasteiger partial charge in [0.15, 0.2) is 0 Å². The van der Waals surface area contributed by atoms with Crippen LogP contribution < -0.4 is 16.0 Å². The van der Waals surface area contributed by atoms with E-state index in [1.165, 1.54) is 0 Å². The highest BCUT2D eigenvalue weighted by molar-refractivity contribution is 5.80. The SMILES string of the molecule is CCC(C)NC(=O)CCNC(=O)CNCC(F)(F)F. The van der Waals surface area contributed by atoms with Crippen LogP contribution in [0.2, 0.25) is 0 Å². The number of nitrogens with one attached hydrogen (secondary N) is 3. The third-order valence-electron chi connectivity index (χ3n) is 2.30. The van der Waals surface area contributed by atoms with Gasteiger partial charge in [-0.3, -0.25) is 9.59 Å². The molecular formula is C11H20F3N3O2. The zero-order chi connectivity index (χ0) is 14.9. The normalized spacial score (nSPS) is 12.9. The zero-order valence-electron chi connectivity index (χ0n) is 11.1. The summed E-state index contributed by atoms with van der Waals surface area (Å²) in [4.78, 5) is 22.4. The average Bonchev–Trinajstić information content (AvgIpc) is 2.26. The summed E-state index contributed by atoms with van der Waals surface area (Å²) in [5, 5.41) is 7.04. The van der Waals surface area contributed by atoms with Gasteiger partial charge in [0.2, 0.25) is 11.8 Å². The van der Waals surface area contributed by atoms with Gasteiger partial charge >= 0.3 is 6.18 Å². The maximum Gasteiger partial charge on any atom is 0.401 e. The maximum atomic E-state index is 11.8. The number of carbonyl (C=O) groups excluding carboxylic acids is 2. The van der Waals surface area contributed by atoms with E-state index in [0.29, 0.717) is 0 Å². The van der Waals surface area contributed by atoms with Crippen molar-refractivity contribution in [2.45, 2.75) is 38.9 Å². The highest BCUT2D eigenvalue weighted by Crippen LogP contribution is 2.11. The van der Waals surface area contributed by atoms with E-state index in [-0.39, 0.29) is 24.9 Å². The molecule has 19 heavy (non-hydrogen) atoms. The molecule has 0 aromatic carbocycles. The van der Waals surface area contributed by atoms with Gasteiger partial charge in [-0.15, -0.1) is 0 Å². The number of carbonyl (C=O) groups is 2. The van der Waals surface area contributed by atoms with E-state index < -0.39 is 25.2 Å². The lowest BCUT2D eigenvalue weighted by molar-refractivity contribution is -0.128. The first-order valence-corrected chi connectivity index (χ1v) is 6.08. The second kappa shape index (κ2) is 8.73. The lowest BCUT2D eigenvalue weighted by atomic mass is 10.2. The van der Waals surface area contributed by atoms with Crippen LogP contribution in [0.3, 0.4) is 0 Å². The zero-order valence-corrected chi connectivity index (χ0v) is 11.1. The Morgan fingerprint density at radius 1 is 1.21 bits per heavy atom. The highest BCUT2D eigenvalue weighted by Gasteiger charge is 2.26. The van der Waals surface area contributed by atoms with Gasteiger partial charge in [0, 0.05) is 19.0 Å². The summed E-state index contributed by atoms with van der Waals surface area (Å²) < 4.78 is 35.3. The quantitative estimate of drug-likeness (QED) is 0.609. The molecule has 0 aromatic rings. The summed E-state index contributed by atoms with van der Waals surface area (Å²) in [5.74, 6) is -0.765. The van der Waals surface area contributed by atoms with Crippen LogP contribution in [0, 0.1) is 0 Å². The van der Waals surface area contributed by atoms with Gasteiger partial charge < -0.3 is 16.0 Å². The second-order valence-corrected chi connectivity index (χ2v) is 4.20. The van der Waals surface area contributed by atoms with Crippen molar-refractivity contribution in [2.24, 2.45) is 0 Å². The monoisotopic (exact) mass is 283 g/mol. The first-order valence-electron chi connectivity index (χ1n) is 6.08. The number of amides is 2. The van der Waals surface area contributed by atoms with E-state index in [1.54, 1.807) is 0 Å². The van der Waals surface area contributed by atoms with E-state index in [9.17, 15) is 22.8 Å². The van der Waals surface area contributed by atoms with Crippen molar-refractivity contribution in [2.75, 3.05) is 19.6 Å². The molecule has 1 unspecified atom stereocenters. The first-order chi connectivity index (χ1) is 8.74. The van der Waals surface area contributed by atoms with Crippen molar-refractivity contribution in [3.8, 4) is 0 Å². The van der Waals surface area contributed by atoms with Crippen LogP contribution in [0.1, 0.15) is 26.7 Å². The minimum atomic E-state index is -4.34. The Morgan fingerprint density at radius 3 is 2.37 bits per heavy atom. The molecule has 0 saturated heterocycles. The second-order valence-electron chi connectivity index (χ2n) is 4.20. The molecule has 0 saturated carbocycles. The highest BCUT2D eigenvalue weighted by atomic mass is 19.4. The van der Waals surface area contributed by atoms with Crippen molar-refractivity contribution < 1.29 is 22.8 Å². The predicted octanol–water partition coefficient (Wildman–Crippen LogP) is 0.559. The molecule has 0 aliphatic carbocycles. The standard InChI is InChI=1S/C11H20F3N3O2/c1-3-8(2)17-9(18)4-5-16-10(19)6-15-7-11(12,13)14/h8,15H,3-7H2,1-2H3,(H,16,19)(H,17,18). The molecule has 0 rings (SSSR count). The minimum Gasteiger partial charge on any atom is -0.354 e. The van der Waals surface area contributed by atoms with Crippen LogP contribution in [0.5, 0.6) is 0 Å². The number of halogens is 3. The van der Waals surface area contributed by atoms with Crippen molar-refractivity contribution in [3.63, 3.8) is 0 Å². The average molecular weight is 283 g/mol. The topological polar surface area (TPSA) is 70.2 Å². The van der Waals surface area contributed by atoms with E-state index in [4.69, 9.17) is 0 Å². The Balaban J connectivity index is 3.61. The van der Waals surface area contributed by atoms with Crippen LogP contribution in [0.15, 0.2) is 0 Å². The van der Waals surface area contributed by atoms with Gasteiger partial charge in [-0.05, 0) is 13.3 Å². The summed E-state index contributed by atoms with van der Waals surface area (Å²) in [7, 11) is 0. The fourth-order valence-corrected chi connectivity index (χ4v) is 1.14. The largest absolute Gasteiger partial charge is 0.401 e. The molecule has 0 aliphatic heterocycles. The molecule has 3 N–H and O–H groups in total. The van der Waals surface area contributed by atoms with Crippen molar-refractivity contribution in [1.29, 1.82) is 0 Å². The summed E-state index contributed by atoms with van der Waals surface area (Å²) in [6, 6.07) is 0.0663. The van der Waals surface area contributed by atoms with E-state index in [1.807, 2.05) is 19.2 Å². The van der Waals surface area contributed by atoms with Crippen LogP contribution in [0.25, 0.3) is 0 Å². The smallest absolute Gasteiger partial charge is 0.354 e. The van der Waals surface area contributed by atoms with Gasteiger partial charge in [-0.2, -0.15) is 13.2 Å². The Morgan fingerprint density at radius 2 is 1.84 bits per heavy atom. The lowest BCUT2D eigenvalue weighted by Gasteiger charge is -2.12. The van der Waals surface area contributed by atoms with Crippen molar-refractivity contribution in [1.82, 2.24) is 16.0 Å². The Kier molecular flexibility index (Phi) is 8.13. The van der Waals surface area contributed by atoms with Crippen LogP contribution in [-0.2, 0) is 9.59 Å². The fraction of sp³-hybridized carbons (Fsp3) is 0.818. The molecule has 8 heteroatoms. The summed E-state index contributed by atoms with van der Waals surface area (Å²) in [6.45, 7) is 2.26. The molecule has 112 valence electrons. The molecule has 0 aromatic heterocycles. The lowest BCUT2D eigenvalue weighted by Crippen LogP contribution is -2.40. The van der Waals surface area contributed by atoms with Gasteiger partial charge in [0.25, 0.3) is 0 Å². The predicted molar refractivity (Wildman–Crippen MR) is 64.4 cm³/mol. The van der Waals surface area contributed by atoms with Gasteiger partial charge in [-0.1, -0.05) is 6.92 Å². The number of hydrogen-bond donors (Lipinski definition) is 3. The van der Waals surface area contributed by atoms with E-state index >= 15 is 0 Å². The number of rotatable bonds is 8. The number of hydrogen-bond acceptors (Lipinski definition) is 3. The van der Waals surface area contributed by atoms with Crippen LogP contribution in [-0.4, -0.2) is 43.7 Å². The van der Waals surface area contributed by atoms with Crippen LogP contribution in [0.4, 0.5) is 13.2 Å². The van der Waals surface area contributed by atoms with Crippen molar-refractivity contribution >= 4 is 11.8 Å².